The Hall–Kier alpha value is -1.80. The van der Waals surface area contributed by atoms with E-state index in [4.69, 9.17) is 11.6 Å². The zero-order chi connectivity index (χ0) is 11.3. The minimum Gasteiger partial charge on any atom is -0.322 e. The number of aromatic amines is 1. The third-order valence-corrected chi connectivity index (χ3v) is 1.72. The van der Waals surface area contributed by atoms with Gasteiger partial charge in [0, 0.05) is 30.1 Å². The van der Waals surface area contributed by atoms with E-state index in [-0.39, 0.29) is 0 Å². The Kier molecular flexibility index (Phi) is 3.89. The number of aromatic nitrogens is 1. The first-order chi connectivity index (χ1) is 7.15. The Bertz CT molecular complexity index is 484. The van der Waals surface area contributed by atoms with Crippen LogP contribution in [0.15, 0.2) is 17.1 Å². The van der Waals surface area contributed by atoms with Gasteiger partial charge in [-0.1, -0.05) is 11.8 Å². The molecule has 1 aromatic heterocycles. The molecule has 0 unspecified atom stereocenters. The molecule has 0 aliphatic carbocycles. The Morgan fingerprint density at radius 3 is 2.93 bits per heavy atom. The molecular formula is C9H7ClN2O3. The number of pyridine rings is 1. The lowest BCUT2D eigenvalue weighted by molar-refractivity contribution is -0.386. The highest BCUT2D eigenvalue weighted by molar-refractivity contribution is 6.18. The molecule has 1 heterocycles. The molecule has 0 bridgehead atoms. The van der Waals surface area contributed by atoms with E-state index in [1.165, 1.54) is 6.20 Å². The van der Waals surface area contributed by atoms with Crippen molar-refractivity contribution in [2.24, 2.45) is 0 Å². The Morgan fingerprint density at radius 1 is 1.60 bits per heavy atom. The number of rotatable bonds is 2. The van der Waals surface area contributed by atoms with Crippen LogP contribution in [0, 0.1) is 22.0 Å². The van der Waals surface area contributed by atoms with Crippen LogP contribution < -0.4 is 5.56 Å². The summed E-state index contributed by atoms with van der Waals surface area (Å²) < 4.78 is 0. The predicted molar refractivity (Wildman–Crippen MR) is 55.9 cm³/mol. The van der Waals surface area contributed by atoms with Crippen molar-refractivity contribution in [2.45, 2.75) is 6.42 Å². The van der Waals surface area contributed by atoms with Gasteiger partial charge in [-0.05, 0) is 0 Å². The standard InChI is InChI=1S/C9H7ClN2O3/c10-4-2-1-3-7-5-8(12(14)15)9(13)11-6-7/h5-6H,2,4H2,(H,11,13). The maximum Gasteiger partial charge on any atom is 0.335 e. The maximum atomic E-state index is 11.0. The molecule has 0 atom stereocenters. The smallest absolute Gasteiger partial charge is 0.322 e. The van der Waals surface area contributed by atoms with E-state index >= 15 is 0 Å². The predicted octanol–water partition coefficient (Wildman–Crippen LogP) is 1.26. The lowest BCUT2D eigenvalue weighted by atomic mass is 10.2. The van der Waals surface area contributed by atoms with Gasteiger partial charge in [-0.2, -0.15) is 0 Å². The number of nitrogens with zero attached hydrogens (tertiary/aromatic N) is 1. The quantitative estimate of drug-likeness (QED) is 0.357. The molecule has 1 rings (SSSR count). The lowest BCUT2D eigenvalue weighted by Gasteiger charge is -1.91. The zero-order valence-corrected chi connectivity index (χ0v) is 8.37. The van der Waals surface area contributed by atoms with Crippen molar-refractivity contribution >= 4 is 17.3 Å². The van der Waals surface area contributed by atoms with Gasteiger partial charge < -0.3 is 4.98 Å². The van der Waals surface area contributed by atoms with Crippen molar-refractivity contribution in [2.75, 3.05) is 5.88 Å². The van der Waals surface area contributed by atoms with E-state index in [2.05, 4.69) is 16.8 Å². The molecule has 1 aromatic rings. The molecule has 0 aliphatic heterocycles. The van der Waals surface area contributed by atoms with E-state index in [9.17, 15) is 14.9 Å². The van der Waals surface area contributed by atoms with Crippen LogP contribution in [-0.2, 0) is 0 Å². The second kappa shape index (κ2) is 5.17. The number of halogens is 1. The van der Waals surface area contributed by atoms with Crippen LogP contribution in [0.25, 0.3) is 0 Å². The summed E-state index contributed by atoms with van der Waals surface area (Å²) in [4.78, 5) is 22.9. The Labute approximate surface area is 90.2 Å². The second-order valence-corrected chi connectivity index (χ2v) is 2.98. The highest BCUT2D eigenvalue weighted by Crippen LogP contribution is 2.04. The summed E-state index contributed by atoms with van der Waals surface area (Å²) in [5.41, 5.74) is -0.845. The lowest BCUT2D eigenvalue weighted by Crippen LogP contribution is -2.10. The summed E-state index contributed by atoms with van der Waals surface area (Å²) >= 11 is 5.41. The average Bonchev–Trinajstić information content (AvgIpc) is 2.20. The summed E-state index contributed by atoms with van der Waals surface area (Å²) in [6.45, 7) is 0. The molecule has 0 aliphatic rings. The van der Waals surface area contributed by atoms with E-state index in [1.54, 1.807) is 0 Å². The van der Waals surface area contributed by atoms with Crippen LogP contribution in [0.1, 0.15) is 12.0 Å². The van der Waals surface area contributed by atoms with E-state index in [0.29, 0.717) is 17.9 Å². The largest absolute Gasteiger partial charge is 0.335 e. The van der Waals surface area contributed by atoms with Crippen LogP contribution in [0.2, 0.25) is 0 Å². The first kappa shape index (κ1) is 11.3. The molecule has 0 fully saturated rings. The van der Waals surface area contributed by atoms with Gasteiger partial charge in [-0.25, -0.2) is 0 Å². The number of hydrogen-bond acceptors (Lipinski definition) is 3. The van der Waals surface area contributed by atoms with Crippen LogP contribution in [-0.4, -0.2) is 15.8 Å². The highest BCUT2D eigenvalue weighted by Gasteiger charge is 2.11. The number of hydrogen-bond donors (Lipinski definition) is 1. The molecule has 1 N–H and O–H groups in total. The molecule has 0 amide bonds. The van der Waals surface area contributed by atoms with Crippen LogP contribution in [0.4, 0.5) is 5.69 Å². The number of nitrogens with one attached hydrogen (secondary N) is 1. The first-order valence-electron chi connectivity index (χ1n) is 4.07. The Balaban J connectivity index is 3.05. The number of nitro groups is 1. The van der Waals surface area contributed by atoms with Gasteiger partial charge in [0.2, 0.25) is 0 Å². The second-order valence-electron chi connectivity index (χ2n) is 2.60. The molecule has 6 heteroatoms. The van der Waals surface area contributed by atoms with Crippen molar-refractivity contribution < 1.29 is 4.92 Å². The molecule has 0 spiro atoms. The molecule has 15 heavy (non-hydrogen) atoms. The maximum absolute atomic E-state index is 11.0. The van der Waals surface area contributed by atoms with Crippen LogP contribution >= 0.6 is 11.6 Å². The van der Waals surface area contributed by atoms with Gasteiger partial charge in [0.15, 0.2) is 0 Å². The SMILES string of the molecule is O=c1[nH]cc(C#CCCCl)cc1[N+](=O)[O-]. The van der Waals surface area contributed by atoms with Gasteiger partial charge in [-0.3, -0.25) is 14.9 Å². The van der Waals surface area contributed by atoms with Crippen molar-refractivity contribution in [1.29, 1.82) is 0 Å². The highest BCUT2D eigenvalue weighted by atomic mass is 35.5. The molecule has 0 aromatic carbocycles. The van der Waals surface area contributed by atoms with E-state index < -0.39 is 16.2 Å². The fourth-order valence-corrected chi connectivity index (χ4v) is 0.986. The molecule has 0 saturated heterocycles. The summed E-state index contributed by atoms with van der Waals surface area (Å²) in [6.07, 6.45) is 1.82. The zero-order valence-electron chi connectivity index (χ0n) is 7.62. The van der Waals surface area contributed by atoms with Crippen molar-refractivity contribution in [3.05, 3.63) is 38.3 Å². The van der Waals surface area contributed by atoms with Crippen LogP contribution in [0.3, 0.4) is 0 Å². The summed E-state index contributed by atoms with van der Waals surface area (Å²) in [7, 11) is 0. The topological polar surface area (TPSA) is 76.0 Å². The Morgan fingerprint density at radius 2 is 2.33 bits per heavy atom. The van der Waals surface area contributed by atoms with Gasteiger partial charge in [0.1, 0.15) is 0 Å². The first-order valence-corrected chi connectivity index (χ1v) is 4.60. The monoisotopic (exact) mass is 226 g/mol. The number of alkyl halides is 1. The molecule has 5 nitrogen and oxygen atoms in total. The van der Waals surface area contributed by atoms with Gasteiger partial charge >= 0.3 is 11.2 Å². The van der Waals surface area contributed by atoms with E-state index in [0.717, 1.165) is 6.07 Å². The fourth-order valence-electron chi connectivity index (χ4n) is 0.891. The molecule has 0 radical (unpaired) electrons. The minimum absolute atomic E-state index is 0.395. The molecular weight excluding hydrogens is 220 g/mol. The molecule has 78 valence electrons. The normalized spacial score (nSPS) is 9.13. The van der Waals surface area contributed by atoms with Gasteiger partial charge in [0.25, 0.3) is 0 Å². The van der Waals surface area contributed by atoms with Crippen molar-refractivity contribution in [1.82, 2.24) is 4.98 Å². The average molecular weight is 227 g/mol. The number of H-pyrrole nitrogens is 1. The molecule has 0 saturated carbocycles. The minimum atomic E-state index is -0.744. The van der Waals surface area contributed by atoms with Gasteiger partial charge in [0.05, 0.1) is 4.92 Å². The van der Waals surface area contributed by atoms with Crippen molar-refractivity contribution in [3.63, 3.8) is 0 Å². The summed E-state index contributed by atoms with van der Waals surface area (Å²) in [5.74, 6) is 5.77. The van der Waals surface area contributed by atoms with Crippen molar-refractivity contribution in [3.8, 4) is 11.8 Å². The van der Waals surface area contributed by atoms with E-state index in [1.807, 2.05) is 0 Å². The third-order valence-electron chi connectivity index (χ3n) is 1.53. The third kappa shape index (κ3) is 3.11. The summed E-state index contributed by atoms with van der Waals surface area (Å²) in [6, 6.07) is 1.14. The van der Waals surface area contributed by atoms with Crippen LogP contribution in [0.5, 0.6) is 0 Å². The fraction of sp³-hybridized carbons (Fsp3) is 0.222. The summed E-state index contributed by atoms with van der Waals surface area (Å²) in [5, 5.41) is 10.4. The van der Waals surface area contributed by atoms with Gasteiger partial charge in [-0.15, -0.1) is 11.6 Å².